The van der Waals surface area contributed by atoms with E-state index in [-0.39, 0.29) is 35.1 Å². The van der Waals surface area contributed by atoms with E-state index < -0.39 is 44.0 Å². The highest BCUT2D eigenvalue weighted by molar-refractivity contribution is 6.74. The van der Waals surface area contributed by atoms with Crippen molar-refractivity contribution in [2.45, 2.75) is 131 Å². The second-order valence-corrected chi connectivity index (χ2v) is 23.3. The second-order valence-electron chi connectivity index (χ2n) is 18.6. The van der Waals surface area contributed by atoms with Crippen LogP contribution in [0.4, 0.5) is 4.79 Å². The minimum absolute atomic E-state index is 0.0841. The standard InChI is InChI=1S/C43H77N3O10Si/c1-30(2)32(26-36(45-41(50)55-42(5,6)7)38(28-35(31(3)4)40(48)49)56-57(12,13)43(8,9)10)29-44-39(47)34-17-16-33(27-37(34)54-22-15-14-21-51-11)53-25-20-46-18-23-52-24-19-46/h16-17,27,30-32,35-36,38H,14-15,18-26,28-29H2,1-13H3,(H,44,47)(H,45,50)(H,48,49). The fourth-order valence-corrected chi connectivity index (χ4v) is 7.68. The number of ether oxygens (including phenoxy) is 5. The van der Waals surface area contributed by atoms with Crippen molar-refractivity contribution in [3.8, 4) is 11.5 Å². The number of unbranched alkanes of at least 4 members (excludes halogenated alkanes) is 1. The summed E-state index contributed by atoms with van der Waals surface area (Å²) in [5.41, 5.74) is -0.349. The summed E-state index contributed by atoms with van der Waals surface area (Å²) >= 11 is 0. The molecule has 2 rings (SSSR count). The molecule has 0 bridgehead atoms. The third-order valence-electron chi connectivity index (χ3n) is 11.0. The van der Waals surface area contributed by atoms with Gasteiger partial charge in [0.05, 0.1) is 43.4 Å². The van der Waals surface area contributed by atoms with Gasteiger partial charge in [0.2, 0.25) is 0 Å². The van der Waals surface area contributed by atoms with Gasteiger partial charge in [0.1, 0.15) is 23.7 Å². The van der Waals surface area contributed by atoms with Crippen LogP contribution in [0.15, 0.2) is 18.2 Å². The summed E-state index contributed by atoms with van der Waals surface area (Å²) in [6, 6.07) is 4.71. The molecule has 1 fully saturated rings. The van der Waals surface area contributed by atoms with Gasteiger partial charge >= 0.3 is 12.1 Å². The molecule has 14 heteroatoms. The van der Waals surface area contributed by atoms with E-state index in [2.05, 4.69) is 63.2 Å². The molecule has 0 spiro atoms. The number of carboxylic acids is 1. The van der Waals surface area contributed by atoms with E-state index >= 15 is 0 Å². The van der Waals surface area contributed by atoms with Crippen LogP contribution in [0, 0.1) is 23.7 Å². The van der Waals surface area contributed by atoms with Crippen molar-refractivity contribution < 1.29 is 47.6 Å². The van der Waals surface area contributed by atoms with E-state index in [1.807, 2.05) is 13.8 Å². The van der Waals surface area contributed by atoms with Gasteiger partial charge in [-0.25, -0.2) is 4.79 Å². The molecule has 0 aromatic heterocycles. The lowest BCUT2D eigenvalue weighted by Crippen LogP contribution is -2.54. The van der Waals surface area contributed by atoms with Crippen molar-refractivity contribution in [1.82, 2.24) is 15.5 Å². The summed E-state index contributed by atoms with van der Waals surface area (Å²) in [5.74, 6) is -1.02. The molecule has 4 unspecified atom stereocenters. The van der Waals surface area contributed by atoms with Crippen molar-refractivity contribution in [1.29, 1.82) is 0 Å². The van der Waals surface area contributed by atoms with Crippen LogP contribution in [0.2, 0.25) is 18.1 Å². The number of aliphatic carboxylic acids is 1. The Labute approximate surface area is 344 Å². The average Bonchev–Trinajstić information content (AvgIpc) is 3.09. The Kier molecular flexibility index (Phi) is 20.8. The summed E-state index contributed by atoms with van der Waals surface area (Å²) in [6.45, 7) is 29.8. The Hall–Kier alpha value is -2.91. The summed E-state index contributed by atoms with van der Waals surface area (Å²) in [5, 5.41) is 16.4. The molecule has 0 radical (unpaired) electrons. The molecule has 4 atom stereocenters. The van der Waals surface area contributed by atoms with Crippen LogP contribution in [0.3, 0.4) is 0 Å². The SMILES string of the molecule is COCCCCOc1cc(OCCN2CCOCC2)ccc1C(=O)NCC(CC(NC(=O)OC(C)(C)C)C(CC(C(=O)O)C(C)C)O[Si](C)(C)C(C)(C)C)C(C)C. The predicted molar refractivity (Wildman–Crippen MR) is 227 cm³/mol. The van der Waals surface area contributed by atoms with Crippen molar-refractivity contribution in [2.24, 2.45) is 23.7 Å². The number of carbonyl (C=O) groups is 3. The van der Waals surface area contributed by atoms with E-state index in [9.17, 15) is 19.5 Å². The highest BCUT2D eigenvalue weighted by Gasteiger charge is 2.43. The van der Waals surface area contributed by atoms with Crippen LogP contribution in [0.5, 0.6) is 11.5 Å². The molecule has 0 aliphatic carbocycles. The van der Waals surface area contributed by atoms with Crippen LogP contribution in [-0.2, 0) is 23.4 Å². The maximum atomic E-state index is 14.0. The number of morpholine rings is 1. The highest BCUT2D eigenvalue weighted by atomic mass is 28.4. The topological polar surface area (TPSA) is 154 Å². The van der Waals surface area contributed by atoms with Gasteiger partial charge in [-0.05, 0) is 94.5 Å². The van der Waals surface area contributed by atoms with Gasteiger partial charge < -0.3 is 43.9 Å². The highest BCUT2D eigenvalue weighted by Crippen LogP contribution is 2.39. The largest absolute Gasteiger partial charge is 0.493 e. The average molecular weight is 824 g/mol. The number of carbonyl (C=O) groups excluding carboxylic acids is 2. The summed E-state index contributed by atoms with van der Waals surface area (Å²) in [7, 11) is -0.797. The van der Waals surface area contributed by atoms with E-state index in [4.69, 9.17) is 28.1 Å². The van der Waals surface area contributed by atoms with Gasteiger partial charge in [0.15, 0.2) is 8.32 Å². The predicted octanol–water partition coefficient (Wildman–Crippen LogP) is 7.63. The summed E-state index contributed by atoms with van der Waals surface area (Å²) in [4.78, 5) is 42.3. The molecule has 328 valence electrons. The zero-order valence-corrected chi connectivity index (χ0v) is 38.5. The van der Waals surface area contributed by atoms with Crippen molar-refractivity contribution >= 4 is 26.3 Å². The first-order valence-electron chi connectivity index (χ1n) is 20.9. The Morgan fingerprint density at radius 3 is 2.12 bits per heavy atom. The quantitative estimate of drug-likeness (QED) is 0.0697. The van der Waals surface area contributed by atoms with Gasteiger partial charge in [-0.15, -0.1) is 0 Å². The van der Waals surface area contributed by atoms with Gasteiger partial charge in [-0.1, -0.05) is 48.5 Å². The Morgan fingerprint density at radius 2 is 1.56 bits per heavy atom. The first kappa shape index (κ1) is 50.2. The van der Waals surface area contributed by atoms with Crippen molar-refractivity contribution in [3.05, 3.63) is 23.8 Å². The van der Waals surface area contributed by atoms with Gasteiger partial charge in [0, 0.05) is 46.0 Å². The van der Waals surface area contributed by atoms with Crippen LogP contribution >= 0.6 is 0 Å². The summed E-state index contributed by atoms with van der Waals surface area (Å²) < 4.78 is 35.7. The number of methoxy groups -OCH3 is 1. The molecular formula is C43H77N3O10Si. The van der Waals surface area contributed by atoms with Crippen LogP contribution in [0.1, 0.15) is 105 Å². The van der Waals surface area contributed by atoms with Gasteiger partial charge in [0.25, 0.3) is 5.91 Å². The van der Waals surface area contributed by atoms with Gasteiger partial charge in [-0.3, -0.25) is 14.5 Å². The first-order valence-corrected chi connectivity index (χ1v) is 23.8. The maximum Gasteiger partial charge on any atom is 0.407 e. The Morgan fingerprint density at radius 1 is 0.912 bits per heavy atom. The molecule has 1 aliphatic heterocycles. The van der Waals surface area contributed by atoms with Crippen LogP contribution < -0.4 is 20.1 Å². The monoisotopic (exact) mass is 824 g/mol. The molecule has 1 saturated heterocycles. The van der Waals surface area contributed by atoms with Crippen LogP contribution in [-0.4, -0.2) is 120 Å². The number of alkyl carbamates (subject to hydrolysis) is 1. The van der Waals surface area contributed by atoms with E-state index in [1.54, 1.807) is 46.1 Å². The number of benzene rings is 1. The number of carboxylic acid groups (broad SMARTS) is 1. The van der Waals surface area contributed by atoms with Crippen molar-refractivity contribution in [2.75, 3.05) is 66.3 Å². The second kappa shape index (κ2) is 23.6. The number of rotatable bonds is 24. The number of nitrogens with one attached hydrogen (secondary N) is 2. The molecular weight excluding hydrogens is 747 g/mol. The zero-order chi connectivity index (χ0) is 43.0. The van der Waals surface area contributed by atoms with E-state index in [1.165, 1.54) is 0 Å². The fraction of sp³-hybridized carbons (Fsp3) is 0.791. The number of nitrogens with zero attached hydrogens (tertiary/aromatic N) is 1. The molecule has 13 nitrogen and oxygen atoms in total. The minimum atomic E-state index is -2.46. The molecule has 1 heterocycles. The number of hydrogen-bond donors (Lipinski definition) is 3. The van der Waals surface area contributed by atoms with E-state index in [0.717, 1.165) is 45.7 Å². The smallest absolute Gasteiger partial charge is 0.407 e. The van der Waals surface area contributed by atoms with E-state index in [0.29, 0.717) is 49.8 Å². The lowest BCUT2D eigenvalue weighted by Gasteiger charge is -2.43. The molecule has 1 aromatic carbocycles. The van der Waals surface area contributed by atoms with Crippen molar-refractivity contribution in [3.63, 3.8) is 0 Å². The molecule has 0 saturated carbocycles. The summed E-state index contributed by atoms with van der Waals surface area (Å²) in [6.07, 6.45) is 0.998. The third kappa shape index (κ3) is 18.3. The van der Waals surface area contributed by atoms with Crippen LogP contribution in [0.25, 0.3) is 0 Å². The minimum Gasteiger partial charge on any atom is -0.493 e. The maximum absolute atomic E-state index is 14.0. The molecule has 2 amide bonds. The fourth-order valence-electron chi connectivity index (χ4n) is 6.30. The molecule has 1 aromatic rings. The Bertz CT molecular complexity index is 1370. The lowest BCUT2D eigenvalue weighted by molar-refractivity contribution is -0.144. The molecule has 57 heavy (non-hydrogen) atoms. The normalized spacial score (nSPS) is 16.5. The third-order valence-corrected chi connectivity index (χ3v) is 15.5. The molecule has 1 aliphatic rings. The zero-order valence-electron chi connectivity index (χ0n) is 37.5. The van der Waals surface area contributed by atoms with Gasteiger partial charge in [-0.2, -0.15) is 0 Å². The number of amides is 2. The number of hydrogen-bond acceptors (Lipinski definition) is 10. The first-order chi connectivity index (χ1) is 26.5. The Balaban J connectivity index is 2.40. The lowest BCUT2D eigenvalue weighted by atomic mass is 9.83. The molecule has 3 N–H and O–H groups in total.